The molecule has 1 amide bonds. The average Bonchev–Trinajstić information content (AvgIpc) is 2.63. The number of amides is 1. The summed E-state index contributed by atoms with van der Waals surface area (Å²) in [6.07, 6.45) is -0.298. The quantitative estimate of drug-likeness (QED) is 0.673. The van der Waals surface area contributed by atoms with Crippen molar-refractivity contribution in [3.8, 4) is 0 Å². The van der Waals surface area contributed by atoms with Gasteiger partial charge in [0.15, 0.2) is 5.60 Å². The molecule has 29 heavy (non-hydrogen) atoms. The Bertz CT molecular complexity index is 783. The Balaban J connectivity index is 1.56. The number of alkyl halides is 3. The zero-order valence-electron chi connectivity index (χ0n) is 16.1. The third-order valence-electron chi connectivity index (χ3n) is 7.38. The van der Waals surface area contributed by atoms with Crippen molar-refractivity contribution in [2.75, 3.05) is 11.4 Å². The molecule has 5 rings (SSSR count). The lowest BCUT2D eigenvalue weighted by molar-refractivity contribution is -0.295. The summed E-state index contributed by atoms with van der Waals surface area (Å²) in [7, 11) is 0. The van der Waals surface area contributed by atoms with Crippen LogP contribution in [0.3, 0.4) is 0 Å². The van der Waals surface area contributed by atoms with Gasteiger partial charge in [-0.05, 0) is 75.0 Å². The van der Waals surface area contributed by atoms with Crippen LogP contribution in [0.15, 0.2) is 28.7 Å². The van der Waals surface area contributed by atoms with E-state index in [-0.39, 0.29) is 16.9 Å². The summed E-state index contributed by atoms with van der Waals surface area (Å²) >= 11 is 3.42. The maximum Gasteiger partial charge on any atom is 0.417 e. The average molecular weight is 475 g/mol. The van der Waals surface area contributed by atoms with Crippen molar-refractivity contribution in [3.05, 3.63) is 28.7 Å². The van der Waals surface area contributed by atoms with Crippen molar-refractivity contribution in [3.63, 3.8) is 0 Å². The van der Waals surface area contributed by atoms with Gasteiger partial charge in [-0.3, -0.25) is 4.79 Å². The van der Waals surface area contributed by atoms with Gasteiger partial charge in [0.25, 0.3) is 0 Å². The highest BCUT2D eigenvalue weighted by Gasteiger charge is 2.63. The van der Waals surface area contributed by atoms with Gasteiger partial charge in [0.1, 0.15) is 0 Å². The van der Waals surface area contributed by atoms with E-state index in [9.17, 15) is 23.1 Å². The molecule has 0 spiro atoms. The van der Waals surface area contributed by atoms with Gasteiger partial charge in [0.2, 0.25) is 5.91 Å². The van der Waals surface area contributed by atoms with Crippen LogP contribution in [0.25, 0.3) is 0 Å². The molecule has 1 aromatic rings. The third-order valence-corrected chi connectivity index (χ3v) is 7.88. The molecule has 0 atom stereocenters. The number of carbonyl (C=O) groups is 1. The molecule has 0 saturated heterocycles. The van der Waals surface area contributed by atoms with Crippen LogP contribution in [0, 0.1) is 11.3 Å². The number of nitrogens with two attached hydrogens (primary N) is 1. The molecule has 3 N–H and O–H groups in total. The number of fused-ring (bicyclic) bond motifs is 3. The molecule has 4 aliphatic rings. The lowest BCUT2D eigenvalue weighted by Crippen LogP contribution is -2.60. The summed E-state index contributed by atoms with van der Waals surface area (Å²) in [5.74, 6) is -1.15. The Kier molecular flexibility index (Phi) is 5.07. The predicted molar refractivity (Wildman–Crippen MR) is 107 cm³/mol. The zero-order valence-corrected chi connectivity index (χ0v) is 17.7. The van der Waals surface area contributed by atoms with Crippen LogP contribution in [0.2, 0.25) is 0 Å². The molecule has 0 aliphatic heterocycles. The summed E-state index contributed by atoms with van der Waals surface area (Å²) in [4.78, 5) is 14.9. The Labute approximate surface area is 176 Å². The van der Waals surface area contributed by atoms with E-state index in [0.29, 0.717) is 12.2 Å². The standard InChI is InChI=1S/C21H26BrF3N2O2/c22-15-2-1-3-16(10-15)27(13-18-4-7-19(26,8-5-18)9-6-18)17(28)14-11-20(29,12-14)21(23,24)25/h1-3,10,14,29H,4-9,11-13,26H2/t14-,18?,19?,20+. The minimum atomic E-state index is -4.71. The van der Waals surface area contributed by atoms with Gasteiger partial charge in [0, 0.05) is 28.2 Å². The molecule has 1 aromatic carbocycles. The molecule has 0 radical (unpaired) electrons. The fraction of sp³-hybridized carbons (Fsp3) is 0.667. The number of rotatable bonds is 4. The first-order valence-corrected chi connectivity index (χ1v) is 10.9. The van der Waals surface area contributed by atoms with Gasteiger partial charge in [-0.1, -0.05) is 22.0 Å². The normalized spacial score (nSPS) is 36.6. The largest absolute Gasteiger partial charge is 0.417 e. The smallest absolute Gasteiger partial charge is 0.380 e. The first-order valence-electron chi connectivity index (χ1n) is 10.1. The molecule has 4 saturated carbocycles. The van der Waals surface area contributed by atoms with Crippen LogP contribution in [-0.2, 0) is 4.79 Å². The van der Waals surface area contributed by atoms with Crippen molar-refractivity contribution < 1.29 is 23.1 Å². The van der Waals surface area contributed by atoms with Crippen molar-refractivity contribution >= 4 is 27.5 Å². The van der Waals surface area contributed by atoms with Crippen LogP contribution in [0.5, 0.6) is 0 Å². The minimum Gasteiger partial charge on any atom is -0.380 e. The van der Waals surface area contributed by atoms with E-state index in [1.165, 1.54) is 0 Å². The first-order chi connectivity index (χ1) is 13.4. The molecular weight excluding hydrogens is 449 g/mol. The SMILES string of the molecule is NC12CCC(CN(c3cccc(Br)c3)C(=O)[C@H]3C[C@](O)(C(F)(F)F)C3)(CC1)CC2. The second-order valence-electron chi connectivity index (χ2n) is 9.40. The second-order valence-corrected chi connectivity index (χ2v) is 10.3. The maximum absolute atomic E-state index is 13.3. The zero-order chi connectivity index (χ0) is 21.1. The van der Waals surface area contributed by atoms with Gasteiger partial charge >= 0.3 is 6.18 Å². The van der Waals surface area contributed by atoms with Crippen LogP contribution in [-0.4, -0.2) is 34.9 Å². The molecule has 160 valence electrons. The fourth-order valence-electron chi connectivity index (χ4n) is 5.19. The minimum absolute atomic E-state index is 0.0385. The summed E-state index contributed by atoms with van der Waals surface area (Å²) in [6.45, 7) is 0.485. The van der Waals surface area contributed by atoms with E-state index >= 15 is 0 Å². The topological polar surface area (TPSA) is 66.6 Å². The molecule has 4 aliphatic carbocycles. The highest BCUT2D eigenvalue weighted by atomic mass is 79.9. The molecule has 0 aromatic heterocycles. The van der Waals surface area contributed by atoms with Gasteiger partial charge in [-0.15, -0.1) is 0 Å². The van der Waals surface area contributed by atoms with Gasteiger partial charge in [-0.25, -0.2) is 0 Å². The number of anilines is 1. The Morgan fingerprint density at radius 1 is 1.17 bits per heavy atom. The molecule has 4 fully saturated rings. The van der Waals surface area contributed by atoms with Crippen molar-refractivity contribution in [2.24, 2.45) is 17.1 Å². The number of carbonyl (C=O) groups excluding carboxylic acids is 1. The first kappa shape index (κ1) is 21.1. The second kappa shape index (κ2) is 6.95. The number of aliphatic hydroxyl groups is 1. The lowest BCUT2D eigenvalue weighted by atomic mass is 9.57. The Hall–Kier alpha value is -1.12. The summed E-state index contributed by atoms with van der Waals surface area (Å²) in [5.41, 5.74) is 4.20. The van der Waals surface area contributed by atoms with Crippen molar-refractivity contribution in [1.29, 1.82) is 0 Å². The van der Waals surface area contributed by atoms with E-state index in [2.05, 4.69) is 15.9 Å². The maximum atomic E-state index is 13.3. The third kappa shape index (κ3) is 3.83. The highest BCUT2D eigenvalue weighted by molar-refractivity contribution is 9.10. The van der Waals surface area contributed by atoms with E-state index in [0.717, 1.165) is 43.0 Å². The van der Waals surface area contributed by atoms with Crippen LogP contribution >= 0.6 is 15.9 Å². The number of benzene rings is 1. The summed E-state index contributed by atoms with van der Waals surface area (Å²) in [6, 6.07) is 7.30. The molecule has 8 heteroatoms. The predicted octanol–water partition coefficient (Wildman–Crippen LogP) is 4.54. The number of nitrogens with zero attached hydrogens (tertiary/aromatic N) is 1. The van der Waals surface area contributed by atoms with Gasteiger partial charge in [-0.2, -0.15) is 13.2 Å². The van der Waals surface area contributed by atoms with Crippen molar-refractivity contribution in [1.82, 2.24) is 0 Å². The number of hydrogen-bond donors (Lipinski definition) is 2. The molecule has 4 nitrogen and oxygen atoms in total. The number of hydrogen-bond acceptors (Lipinski definition) is 3. The fourth-order valence-corrected chi connectivity index (χ4v) is 5.57. The monoisotopic (exact) mass is 474 g/mol. The van der Waals surface area contributed by atoms with E-state index in [1.807, 2.05) is 24.3 Å². The Morgan fingerprint density at radius 3 is 2.28 bits per heavy atom. The highest BCUT2D eigenvalue weighted by Crippen LogP contribution is 2.53. The van der Waals surface area contributed by atoms with Crippen LogP contribution in [0.4, 0.5) is 18.9 Å². The molecule has 2 bridgehead atoms. The van der Waals surface area contributed by atoms with Crippen LogP contribution < -0.4 is 10.6 Å². The summed E-state index contributed by atoms with van der Waals surface area (Å²) in [5, 5.41) is 9.80. The molecule has 0 unspecified atom stereocenters. The van der Waals surface area contributed by atoms with E-state index in [1.54, 1.807) is 4.90 Å². The molecular formula is C21H26BrF3N2O2. The van der Waals surface area contributed by atoms with Gasteiger partial charge in [0.05, 0.1) is 0 Å². The van der Waals surface area contributed by atoms with Crippen LogP contribution in [0.1, 0.15) is 51.4 Å². The lowest BCUT2D eigenvalue weighted by Gasteiger charge is -2.54. The molecule has 0 heterocycles. The van der Waals surface area contributed by atoms with Crippen molar-refractivity contribution in [2.45, 2.75) is 68.7 Å². The Morgan fingerprint density at radius 2 is 1.76 bits per heavy atom. The van der Waals surface area contributed by atoms with Gasteiger partial charge < -0.3 is 15.7 Å². The van der Waals surface area contributed by atoms with E-state index in [4.69, 9.17) is 5.73 Å². The van der Waals surface area contributed by atoms with E-state index < -0.39 is 30.5 Å². The summed E-state index contributed by atoms with van der Waals surface area (Å²) < 4.78 is 39.9. The number of halogens is 4.